The Morgan fingerprint density at radius 2 is 1.96 bits per heavy atom. The number of nitrogens with one attached hydrogen (secondary N) is 2. The molecule has 138 valence electrons. The summed E-state index contributed by atoms with van der Waals surface area (Å²) in [4.78, 5) is 25.7. The fourth-order valence-electron chi connectivity index (χ4n) is 2.55. The molecule has 8 heteroatoms. The molecule has 0 unspecified atom stereocenters. The van der Waals surface area contributed by atoms with E-state index in [9.17, 15) is 9.59 Å². The highest BCUT2D eigenvalue weighted by Gasteiger charge is 2.31. The molecule has 0 radical (unpaired) electrons. The number of fused-ring (bicyclic) bond motifs is 1. The fourth-order valence-corrected chi connectivity index (χ4v) is 2.55. The van der Waals surface area contributed by atoms with E-state index in [1.54, 1.807) is 4.90 Å². The predicted molar refractivity (Wildman–Crippen MR) is 94.3 cm³/mol. The van der Waals surface area contributed by atoms with Crippen LogP contribution in [0.1, 0.15) is 37.6 Å². The number of carbonyl (C=O) groups excluding carboxylic acids is 2. The fraction of sp³-hybridized carbons (Fsp3) is 0.389. The molecule has 26 heavy (non-hydrogen) atoms. The molecular weight excluding hydrogens is 336 g/mol. The quantitative estimate of drug-likeness (QED) is 0.876. The molecule has 0 fully saturated rings. The molecular formula is C18H22N4O4. The largest absolute Gasteiger partial charge is 0.444 e. The van der Waals surface area contributed by atoms with Gasteiger partial charge in [0.15, 0.2) is 5.82 Å². The van der Waals surface area contributed by atoms with Crippen LogP contribution in [0, 0.1) is 0 Å². The Morgan fingerprint density at radius 1 is 1.23 bits per heavy atom. The molecule has 0 atom stereocenters. The van der Waals surface area contributed by atoms with E-state index in [0.717, 1.165) is 16.8 Å². The summed E-state index contributed by atoms with van der Waals surface area (Å²) >= 11 is 0. The van der Waals surface area contributed by atoms with Crippen LogP contribution in [0.5, 0.6) is 0 Å². The van der Waals surface area contributed by atoms with Crippen LogP contribution in [-0.2, 0) is 29.2 Å². The SMILES string of the molecule is CC(C)(C)OC(=O)N1Cc2[nH]nc(NC(=O)OCc3ccccc3)c2C1. The van der Waals surface area contributed by atoms with Gasteiger partial charge in [-0.05, 0) is 26.3 Å². The number of ether oxygens (including phenoxy) is 2. The van der Waals surface area contributed by atoms with E-state index in [1.807, 2.05) is 51.1 Å². The van der Waals surface area contributed by atoms with Gasteiger partial charge in [-0.25, -0.2) is 9.59 Å². The van der Waals surface area contributed by atoms with Crippen molar-refractivity contribution in [3.8, 4) is 0 Å². The number of amides is 2. The Bertz CT molecular complexity index is 795. The predicted octanol–water partition coefficient (Wildman–Crippen LogP) is 3.41. The summed E-state index contributed by atoms with van der Waals surface area (Å²) < 4.78 is 10.6. The van der Waals surface area contributed by atoms with Gasteiger partial charge >= 0.3 is 12.2 Å². The first-order valence-corrected chi connectivity index (χ1v) is 8.33. The molecule has 1 aliphatic heterocycles. The zero-order valence-corrected chi connectivity index (χ0v) is 15.0. The zero-order valence-electron chi connectivity index (χ0n) is 15.0. The van der Waals surface area contributed by atoms with Gasteiger partial charge in [0.1, 0.15) is 12.2 Å². The monoisotopic (exact) mass is 358 g/mol. The van der Waals surface area contributed by atoms with Crippen molar-refractivity contribution < 1.29 is 19.1 Å². The van der Waals surface area contributed by atoms with Gasteiger partial charge in [-0.15, -0.1) is 0 Å². The van der Waals surface area contributed by atoms with Crippen LogP contribution in [0.2, 0.25) is 0 Å². The highest BCUT2D eigenvalue weighted by molar-refractivity contribution is 5.84. The molecule has 8 nitrogen and oxygen atoms in total. The van der Waals surface area contributed by atoms with Crippen molar-refractivity contribution in [3.63, 3.8) is 0 Å². The van der Waals surface area contributed by atoms with Gasteiger partial charge in [0.05, 0.1) is 18.8 Å². The van der Waals surface area contributed by atoms with Crippen LogP contribution < -0.4 is 5.32 Å². The lowest BCUT2D eigenvalue weighted by Gasteiger charge is -2.24. The second kappa shape index (κ2) is 7.07. The third kappa shape index (κ3) is 4.33. The summed E-state index contributed by atoms with van der Waals surface area (Å²) in [6, 6.07) is 9.40. The summed E-state index contributed by atoms with van der Waals surface area (Å²) in [7, 11) is 0. The summed E-state index contributed by atoms with van der Waals surface area (Å²) in [6.45, 7) is 6.29. The van der Waals surface area contributed by atoms with Crippen molar-refractivity contribution >= 4 is 18.0 Å². The minimum Gasteiger partial charge on any atom is -0.444 e. The minimum atomic E-state index is -0.598. The maximum Gasteiger partial charge on any atom is 0.413 e. The van der Waals surface area contributed by atoms with E-state index in [1.165, 1.54) is 0 Å². The van der Waals surface area contributed by atoms with Crippen molar-refractivity contribution in [2.24, 2.45) is 0 Å². The third-order valence-electron chi connectivity index (χ3n) is 3.74. The Balaban J connectivity index is 1.56. The molecule has 2 amide bonds. The molecule has 0 saturated heterocycles. The van der Waals surface area contributed by atoms with Crippen molar-refractivity contribution in [3.05, 3.63) is 47.2 Å². The van der Waals surface area contributed by atoms with Crippen LogP contribution >= 0.6 is 0 Å². The number of H-pyrrole nitrogens is 1. The first-order chi connectivity index (χ1) is 12.3. The van der Waals surface area contributed by atoms with Gasteiger partial charge in [0, 0.05) is 5.56 Å². The molecule has 2 N–H and O–H groups in total. The number of hydrogen-bond acceptors (Lipinski definition) is 5. The van der Waals surface area contributed by atoms with E-state index >= 15 is 0 Å². The number of aromatic amines is 1. The summed E-state index contributed by atoms with van der Waals surface area (Å²) in [5, 5.41) is 9.55. The van der Waals surface area contributed by atoms with Gasteiger partial charge in [0.25, 0.3) is 0 Å². The Labute approximate surface area is 151 Å². The Morgan fingerprint density at radius 3 is 2.65 bits per heavy atom. The summed E-state index contributed by atoms with van der Waals surface area (Å²) in [5.41, 5.74) is 1.86. The lowest BCUT2D eigenvalue weighted by molar-refractivity contribution is 0.0240. The van der Waals surface area contributed by atoms with Crippen LogP contribution in [0.4, 0.5) is 15.4 Å². The Hall–Kier alpha value is -3.03. The topological polar surface area (TPSA) is 96.5 Å². The molecule has 0 spiro atoms. The standard InChI is InChI=1S/C18H22N4O4/c1-18(2,3)26-17(24)22-9-13-14(10-22)20-21-15(13)19-16(23)25-11-12-7-5-4-6-8-12/h4-8H,9-11H2,1-3H3,(H2,19,20,21,23). The average molecular weight is 358 g/mol. The lowest BCUT2D eigenvalue weighted by Crippen LogP contribution is -2.33. The molecule has 1 aliphatic rings. The highest BCUT2D eigenvalue weighted by Crippen LogP contribution is 2.28. The number of anilines is 1. The molecule has 2 heterocycles. The molecule has 1 aromatic carbocycles. The first kappa shape index (κ1) is 17.8. The van der Waals surface area contributed by atoms with Crippen molar-refractivity contribution in [2.75, 3.05) is 5.32 Å². The third-order valence-corrected chi connectivity index (χ3v) is 3.74. The van der Waals surface area contributed by atoms with E-state index in [0.29, 0.717) is 18.9 Å². The average Bonchev–Trinajstić information content (AvgIpc) is 3.14. The van der Waals surface area contributed by atoms with Crippen LogP contribution in [0.3, 0.4) is 0 Å². The van der Waals surface area contributed by atoms with Crippen LogP contribution in [-0.4, -0.2) is 32.9 Å². The molecule has 2 aromatic rings. The van der Waals surface area contributed by atoms with Gasteiger partial charge in [-0.2, -0.15) is 5.10 Å². The number of hydrogen-bond donors (Lipinski definition) is 2. The maximum absolute atomic E-state index is 12.2. The first-order valence-electron chi connectivity index (χ1n) is 8.33. The summed E-state index contributed by atoms with van der Waals surface area (Å²) in [5.74, 6) is 0.365. The van der Waals surface area contributed by atoms with Crippen LogP contribution in [0.25, 0.3) is 0 Å². The van der Waals surface area contributed by atoms with E-state index in [2.05, 4.69) is 15.5 Å². The zero-order chi connectivity index (χ0) is 18.7. The minimum absolute atomic E-state index is 0.170. The van der Waals surface area contributed by atoms with Crippen LogP contribution in [0.15, 0.2) is 30.3 Å². The second-order valence-electron chi connectivity index (χ2n) is 7.05. The molecule has 0 aliphatic carbocycles. The van der Waals surface area contributed by atoms with E-state index < -0.39 is 17.8 Å². The highest BCUT2D eigenvalue weighted by atomic mass is 16.6. The van der Waals surface area contributed by atoms with E-state index in [4.69, 9.17) is 9.47 Å². The van der Waals surface area contributed by atoms with E-state index in [-0.39, 0.29) is 6.61 Å². The van der Waals surface area contributed by atoms with Gasteiger partial charge < -0.3 is 9.47 Å². The van der Waals surface area contributed by atoms with Gasteiger partial charge in [-0.3, -0.25) is 15.3 Å². The lowest BCUT2D eigenvalue weighted by atomic mass is 10.2. The molecule has 0 saturated carbocycles. The molecule has 0 bridgehead atoms. The number of benzene rings is 1. The molecule has 3 rings (SSSR count). The van der Waals surface area contributed by atoms with Crippen molar-refractivity contribution in [1.82, 2.24) is 15.1 Å². The number of carbonyl (C=O) groups is 2. The Kier molecular flexibility index (Phi) is 4.83. The van der Waals surface area contributed by atoms with Crippen molar-refractivity contribution in [2.45, 2.75) is 46.1 Å². The smallest absolute Gasteiger partial charge is 0.413 e. The molecule has 1 aromatic heterocycles. The van der Waals surface area contributed by atoms with Gasteiger partial charge in [-0.1, -0.05) is 30.3 Å². The summed E-state index contributed by atoms with van der Waals surface area (Å²) in [6.07, 6.45) is -1.00. The normalized spacial score (nSPS) is 13.3. The number of aromatic nitrogens is 2. The second-order valence-corrected chi connectivity index (χ2v) is 7.05. The maximum atomic E-state index is 12.2. The number of nitrogens with zero attached hydrogens (tertiary/aromatic N) is 2. The van der Waals surface area contributed by atoms with Crippen molar-refractivity contribution in [1.29, 1.82) is 0 Å². The van der Waals surface area contributed by atoms with Gasteiger partial charge in [0.2, 0.25) is 0 Å². The number of rotatable bonds is 3.